The number of hydrogen-bond acceptors (Lipinski definition) is 1. The van der Waals surface area contributed by atoms with E-state index in [0.29, 0.717) is 5.92 Å². The van der Waals surface area contributed by atoms with Gasteiger partial charge in [0.15, 0.2) is 0 Å². The lowest BCUT2D eigenvalue weighted by Gasteiger charge is -2.23. The third kappa shape index (κ3) is 3.56. The molecule has 1 nitrogen and oxygen atoms in total. The lowest BCUT2D eigenvalue weighted by atomic mass is 9.80. The monoisotopic (exact) mass is 572 g/mol. The standard InChI is InChI=1S/C44H28O/c1-2-13-29-25-30(22-21-27(29)11-1)41-33-16-6-8-18-35(33)42(36-19-9-7-17-34(36)41)39-26-40-38-24-23-28-12-3-4-14-31(28)43(38)45-44(40)37-20-10-5-15-32(37)39/h1-26,28,31H. The molecule has 0 amide bonds. The van der Waals surface area contributed by atoms with Crippen LogP contribution in [0.15, 0.2) is 156 Å². The van der Waals surface area contributed by atoms with Crippen LogP contribution in [0, 0.1) is 5.92 Å². The number of hydrogen-bond donors (Lipinski definition) is 0. The molecular weight excluding hydrogens is 544 g/mol. The Morgan fingerprint density at radius 2 is 1.09 bits per heavy atom. The molecule has 0 bridgehead atoms. The van der Waals surface area contributed by atoms with Crippen LogP contribution < -0.4 is 0 Å². The van der Waals surface area contributed by atoms with Gasteiger partial charge in [-0.3, -0.25) is 0 Å². The predicted octanol–water partition coefficient (Wildman–Crippen LogP) is 12.2. The molecule has 0 aliphatic heterocycles. The second-order valence-corrected chi connectivity index (χ2v) is 12.4. The summed E-state index contributed by atoms with van der Waals surface area (Å²) in [6.45, 7) is 0. The van der Waals surface area contributed by atoms with E-state index in [9.17, 15) is 0 Å². The average molecular weight is 573 g/mol. The van der Waals surface area contributed by atoms with Crippen LogP contribution in [0.1, 0.15) is 17.2 Å². The Bertz CT molecular complexity index is 2550. The topological polar surface area (TPSA) is 13.1 Å². The van der Waals surface area contributed by atoms with Crippen molar-refractivity contribution < 1.29 is 4.42 Å². The van der Waals surface area contributed by atoms with Gasteiger partial charge >= 0.3 is 0 Å². The van der Waals surface area contributed by atoms with Crippen LogP contribution in [0.2, 0.25) is 0 Å². The van der Waals surface area contributed by atoms with Crippen LogP contribution >= 0.6 is 0 Å². The fraction of sp³-hybridized carbons (Fsp3) is 0.0455. The van der Waals surface area contributed by atoms with Gasteiger partial charge < -0.3 is 4.42 Å². The molecule has 0 saturated carbocycles. The van der Waals surface area contributed by atoms with Crippen LogP contribution in [0.5, 0.6) is 0 Å². The van der Waals surface area contributed by atoms with Gasteiger partial charge in [0.05, 0.1) is 0 Å². The van der Waals surface area contributed by atoms with Crippen molar-refractivity contribution in [3.63, 3.8) is 0 Å². The van der Waals surface area contributed by atoms with Crippen molar-refractivity contribution in [1.29, 1.82) is 0 Å². The van der Waals surface area contributed by atoms with E-state index in [2.05, 4.69) is 158 Å². The third-order valence-corrected chi connectivity index (χ3v) is 9.97. The molecule has 10 rings (SSSR count). The summed E-state index contributed by atoms with van der Waals surface area (Å²) < 4.78 is 6.81. The summed E-state index contributed by atoms with van der Waals surface area (Å²) in [5.41, 5.74) is 7.23. The maximum absolute atomic E-state index is 6.81. The zero-order valence-corrected chi connectivity index (χ0v) is 24.6. The number of rotatable bonds is 2. The van der Waals surface area contributed by atoms with Crippen molar-refractivity contribution in [1.82, 2.24) is 0 Å². The number of allylic oxidation sites excluding steroid dienone is 5. The van der Waals surface area contributed by atoms with Crippen LogP contribution in [0.3, 0.4) is 0 Å². The van der Waals surface area contributed by atoms with Gasteiger partial charge in [0.25, 0.3) is 0 Å². The molecule has 0 fully saturated rings. The number of benzene rings is 7. The van der Waals surface area contributed by atoms with Crippen LogP contribution in [-0.2, 0) is 0 Å². The van der Waals surface area contributed by atoms with Crippen molar-refractivity contribution in [2.45, 2.75) is 5.92 Å². The van der Waals surface area contributed by atoms with Gasteiger partial charge in [0.1, 0.15) is 11.3 Å². The highest BCUT2D eigenvalue weighted by molar-refractivity contribution is 6.26. The minimum atomic E-state index is 0.229. The SMILES string of the molecule is C1=CC2C=Cc3c(oc4c3cc(-c3c5ccccc5c(-c5ccc6ccccc6c5)c5ccccc35)c3ccccc34)C2C=C1. The summed E-state index contributed by atoms with van der Waals surface area (Å²) in [7, 11) is 0. The summed E-state index contributed by atoms with van der Waals surface area (Å²) in [6, 6.07) is 44.6. The van der Waals surface area contributed by atoms with E-state index in [-0.39, 0.29) is 5.92 Å². The first-order chi connectivity index (χ1) is 22.3. The number of fused-ring (bicyclic) bond motifs is 10. The van der Waals surface area contributed by atoms with Crippen molar-refractivity contribution in [2.24, 2.45) is 5.92 Å². The Balaban J connectivity index is 1.33. The fourth-order valence-electron chi connectivity index (χ4n) is 7.93. The first-order valence-corrected chi connectivity index (χ1v) is 15.8. The molecule has 1 aromatic heterocycles. The molecule has 2 atom stereocenters. The summed E-state index contributed by atoms with van der Waals surface area (Å²) >= 11 is 0. The molecule has 8 aromatic rings. The predicted molar refractivity (Wildman–Crippen MR) is 191 cm³/mol. The molecule has 1 heteroatoms. The van der Waals surface area contributed by atoms with Gasteiger partial charge in [-0.05, 0) is 72.1 Å². The highest BCUT2D eigenvalue weighted by Crippen LogP contribution is 2.49. The molecular formula is C44H28O. The highest BCUT2D eigenvalue weighted by atomic mass is 16.3. The van der Waals surface area contributed by atoms with Gasteiger partial charge in [-0.1, -0.05) is 146 Å². The van der Waals surface area contributed by atoms with E-state index in [1.54, 1.807) is 0 Å². The quantitative estimate of drug-likeness (QED) is 0.188. The second kappa shape index (κ2) is 9.42. The normalized spacial score (nSPS) is 17.1. The fourth-order valence-corrected chi connectivity index (χ4v) is 7.93. The van der Waals surface area contributed by atoms with E-state index in [1.165, 1.54) is 70.9 Å². The van der Waals surface area contributed by atoms with E-state index >= 15 is 0 Å². The molecule has 7 aromatic carbocycles. The van der Waals surface area contributed by atoms with Crippen LogP contribution in [0.25, 0.3) is 82.4 Å². The Morgan fingerprint density at radius 1 is 0.467 bits per heavy atom. The highest BCUT2D eigenvalue weighted by Gasteiger charge is 2.30. The molecule has 0 radical (unpaired) electrons. The summed E-state index contributed by atoms with van der Waals surface area (Å²) in [5.74, 6) is 1.64. The molecule has 2 unspecified atom stereocenters. The van der Waals surface area contributed by atoms with E-state index in [0.717, 1.165) is 16.7 Å². The molecule has 2 aliphatic rings. The van der Waals surface area contributed by atoms with Crippen LogP contribution in [0.4, 0.5) is 0 Å². The zero-order valence-electron chi connectivity index (χ0n) is 24.6. The Kier molecular flexibility index (Phi) is 5.18. The summed E-state index contributed by atoms with van der Waals surface area (Å²) in [4.78, 5) is 0. The Hall–Kier alpha value is -5.66. The molecule has 0 saturated heterocycles. The lowest BCUT2D eigenvalue weighted by Crippen LogP contribution is -2.11. The van der Waals surface area contributed by atoms with Crippen molar-refractivity contribution in [3.05, 3.63) is 163 Å². The summed E-state index contributed by atoms with van der Waals surface area (Å²) in [5, 5.41) is 11.1. The van der Waals surface area contributed by atoms with Gasteiger partial charge in [0, 0.05) is 28.2 Å². The molecule has 2 aliphatic carbocycles. The largest absolute Gasteiger partial charge is 0.459 e. The van der Waals surface area contributed by atoms with E-state index in [1.807, 2.05) is 0 Å². The maximum atomic E-state index is 6.81. The smallest absolute Gasteiger partial charge is 0.142 e. The van der Waals surface area contributed by atoms with Gasteiger partial charge in [-0.2, -0.15) is 0 Å². The third-order valence-electron chi connectivity index (χ3n) is 9.97. The molecule has 0 spiro atoms. The Labute approximate surface area is 261 Å². The number of furan rings is 1. The molecule has 45 heavy (non-hydrogen) atoms. The molecule has 0 N–H and O–H groups in total. The lowest BCUT2D eigenvalue weighted by molar-refractivity contribution is 0.493. The van der Waals surface area contributed by atoms with Gasteiger partial charge in [-0.25, -0.2) is 0 Å². The zero-order chi connectivity index (χ0) is 29.5. The Morgan fingerprint density at radius 3 is 1.84 bits per heavy atom. The van der Waals surface area contributed by atoms with Crippen molar-refractivity contribution >= 4 is 60.1 Å². The molecule has 1 heterocycles. The second-order valence-electron chi connectivity index (χ2n) is 12.4. The first kappa shape index (κ1) is 24.7. The van der Waals surface area contributed by atoms with E-state index in [4.69, 9.17) is 4.42 Å². The van der Waals surface area contributed by atoms with Gasteiger partial charge in [-0.15, -0.1) is 0 Å². The summed E-state index contributed by atoms with van der Waals surface area (Å²) in [6.07, 6.45) is 13.5. The maximum Gasteiger partial charge on any atom is 0.142 e. The molecule has 210 valence electrons. The van der Waals surface area contributed by atoms with Crippen LogP contribution in [-0.4, -0.2) is 0 Å². The minimum absolute atomic E-state index is 0.229. The van der Waals surface area contributed by atoms with Crippen molar-refractivity contribution in [3.8, 4) is 22.3 Å². The van der Waals surface area contributed by atoms with Gasteiger partial charge in [0.2, 0.25) is 0 Å². The average Bonchev–Trinajstić information content (AvgIpc) is 3.49. The van der Waals surface area contributed by atoms with Crippen molar-refractivity contribution in [2.75, 3.05) is 0 Å². The van der Waals surface area contributed by atoms with E-state index < -0.39 is 0 Å². The first-order valence-electron chi connectivity index (χ1n) is 15.8. The minimum Gasteiger partial charge on any atom is -0.459 e.